The summed E-state index contributed by atoms with van der Waals surface area (Å²) in [7, 11) is 0. The molecule has 0 bridgehead atoms. The van der Waals surface area contributed by atoms with Gasteiger partial charge in [-0.3, -0.25) is 9.59 Å². The smallest absolute Gasteiger partial charge is 0.251 e. The van der Waals surface area contributed by atoms with Gasteiger partial charge in [0.1, 0.15) is 12.4 Å². The van der Waals surface area contributed by atoms with Crippen molar-refractivity contribution < 1.29 is 14.3 Å². The number of hydrogen-bond acceptors (Lipinski definition) is 4. The lowest BCUT2D eigenvalue weighted by Crippen LogP contribution is -2.52. The third-order valence-corrected chi connectivity index (χ3v) is 4.42. The third kappa shape index (κ3) is 4.29. The highest BCUT2D eigenvalue weighted by atomic mass is 16.5. The molecule has 0 aliphatic carbocycles. The van der Waals surface area contributed by atoms with Gasteiger partial charge in [-0.1, -0.05) is 37.3 Å². The Labute approximate surface area is 152 Å². The number of benzene rings is 1. The minimum Gasteiger partial charge on any atom is -0.356 e. The van der Waals surface area contributed by atoms with Crippen molar-refractivity contribution in [2.45, 2.75) is 38.5 Å². The Morgan fingerprint density at radius 2 is 2.19 bits per heavy atom. The first-order chi connectivity index (χ1) is 12.7. The Balaban J connectivity index is 1.54. The van der Waals surface area contributed by atoms with E-state index in [0.29, 0.717) is 6.54 Å². The maximum Gasteiger partial charge on any atom is 0.251 e. The number of carbonyl (C=O) groups is 2. The molecular weight excluding hydrogens is 332 g/mol. The molecule has 2 N–H and O–H groups in total. The van der Waals surface area contributed by atoms with Gasteiger partial charge in [0.15, 0.2) is 6.10 Å². The van der Waals surface area contributed by atoms with Gasteiger partial charge in [0, 0.05) is 31.9 Å². The number of nitrogens with zero attached hydrogens (tertiary/aromatic N) is 2. The van der Waals surface area contributed by atoms with Gasteiger partial charge in [-0.25, -0.2) is 4.98 Å². The number of ether oxygens (including phenoxy) is 1. The lowest BCUT2D eigenvalue weighted by molar-refractivity contribution is -0.148. The van der Waals surface area contributed by atoms with Crippen LogP contribution < -0.4 is 10.6 Å². The van der Waals surface area contributed by atoms with E-state index < -0.39 is 12.1 Å². The lowest BCUT2D eigenvalue weighted by atomic mass is 9.99. The van der Waals surface area contributed by atoms with Crippen LogP contribution in [-0.2, 0) is 27.3 Å². The zero-order valence-electron chi connectivity index (χ0n) is 14.9. The maximum atomic E-state index is 12.6. The molecule has 1 fully saturated rings. The maximum absolute atomic E-state index is 12.6. The number of aromatic nitrogens is 2. The molecule has 2 aromatic rings. The van der Waals surface area contributed by atoms with Crippen LogP contribution in [0.4, 0.5) is 0 Å². The minimum atomic E-state index is -0.727. The molecule has 138 valence electrons. The fourth-order valence-electron chi connectivity index (χ4n) is 3.12. The second kappa shape index (κ2) is 8.62. The summed E-state index contributed by atoms with van der Waals surface area (Å²) in [6.07, 6.45) is 4.69. The summed E-state index contributed by atoms with van der Waals surface area (Å²) in [6, 6.07) is 8.93. The van der Waals surface area contributed by atoms with E-state index >= 15 is 0 Å². The van der Waals surface area contributed by atoms with Crippen LogP contribution in [0.1, 0.15) is 30.8 Å². The van der Waals surface area contributed by atoms with Crippen LogP contribution in [0, 0.1) is 0 Å². The minimum absolute atomic E-state index is 0.101. The Morgan fingerprint density at radius 1 is 1.38 bits per heavy atom. The highest BCUT2D eigenvalue weighted by molar-refractivity contribution is 5.86. The van der Waals surface area contributed by atoms with Gasteiger partial charge in [-0.05, 0) is 12.0 Å². The number of hydrogen-bond donors (Lipinski definition) is 2. The van der Waals surface area contributed by atoms with Crippen LogP contribution in [0.2, 0.25) is 0 Å². The van der Waals surface area contributed by atoms with E-state index in [2.05, 4.69) is 27.1 Å². The standard InChI is InChI=1S/C19H24N4O3/c1-2-15-20-10-12-23(15)11-6-9-21-19(25)18-17(22-16(24)13-26-18)14-7-4-3-5-8-14/h3-5,7-8,10,12,17-18H,2,6,9,11,13H2,1H3,(H,21,25)(H,22,24)/t17-,18+/m1/s1. The van der Waals surface area contributed by atoms with E-state index in [0.717, 1.165) is 30.8 Å². The summed E-state index contributed by atoms with van der Waals surface area (Å²) >= 11 is 0. The fourth-order valence-corrected chi connectivity index (χ4v) is 3.12. The number of aryl methyl sites for hydroxylation is 2. The Bertz CT molecular complexity index is 744. The number of rotatable bonds is 7. The molecule has 7 heteroatoms. The third-order valence-electron chi connectivity index (χ3n) is 4.42. The Morgan fingerprint density at radius 3 is 2.96 bits per heavy atom. The van der Waals surface area contributed by atoms with Crippen molar-refractivity contribution in [2.24, 2.45) is 0 Å². The lowest BCUT2D eigenvalue weighted by Gasteiger charge is -2.31. The Kier molecular flexibility index (Phi) is 6.01. The molecule has 0 unspecified atom stereocenters. The summed E-state index contributed by atoms with van der Waals surface area (Å²) < 4.78 is 7.61. The summed E-state index contributed by atoms with van der Waals surface area (Å²) in [5.74, 6) is 0.620. The predicted octanol–water partition coefficient (Wildman–Crippen LogP) is 1.21. The van der Waals surface area contributed by atoms with Crippen molar-refractivity contribution in [1.82, 2.24) is 20.2 Å². The summed E-state index contributed by atoms with van der Waals surface area (Å²) in [4.78, 5) is 28.5. The van der Waals surface area contributed by atoms with Gasteiger partial charge >= 0.3 is 0 Å². The van der Waals surface area contributed by atoms with Crippen molar-refractivity contribution in [2.75, 3.05) is 13.2 Å². The molecule has 1 saturated heterocycles. The molecule has 0 spiro atoms. The average Bonchev–Trinajstić information content (AvgIpc) is 3.13. The van der Waals surface area contributed by atoms with E-state index in [4.69, 9.17) is 4.74 Å². The highest BCUT2D eigenvalue weighted by Gasteiger charge is 2.35. The molecule has 3 rings (SSSR count). The zero-order valence-corrected chi connectivity index (χ0v) is 14.9. The van der Waals surface area contributed by atoms with Gasteiger partial charge in [0.2, 0.25) is 5.91 Å². The topological polar surface area (TPSA) is 85.2 Å². The first-order valence-electron chi connectivity index (χ1n) is 8.92. The SMILES string of the molecule is CCc1nccn1CCCNC(=O)[C@H]1OCC(=O)N[C@@H]1c1ccccc1. The van der Waals surface area contributed by atoms with Gasteiger partial charge in [-0.2, -0.15) is 0 Å². The number of imidazole rings is 1. The molecule has 2 amide bonds. The quantitative estimate of drug-likeness (QED) is 0.730. The molecule has 1 aromatic heterocycles. The molecule has 0 saturated carbocycles. The van der Waals surface area contributed by atoms with Crippen LogP contribution in [0.25, 0.3) is 0 Å². The van der Waals surface area contributed by atoms with Crippen LogP contribution >= 0.6 is 0 Å². The zero-order chi connectivity index (χ0) is 18.4. The van der Waals surface area contributed by atoms with E-state index in [1.807, 2.05) is 36.5 Å². The normalized spacial score (nSPS) is 19.8. The van der Waals surface area contributed by atoms with E-state index in [1.165, 1.54) is 0 Å². The summed E-state index contributed by atoms with van der Waals surface area (Å²) in [5.41, 5.74) is 0.853. The molecule has 7 nitrogen and oxygen atoms in total. The first-order valence-corrected chi connectivity index (χ1v) is 8.92. The van der Waals surface area contributed by atoms with Crippen molar-refractivity contribution in [3.05, 3.63) is 54.1 Å². The largest absolute Gasteiger partial charge is 0.356 e. The molecule has 1 aliphatic rings. The Hall–Kier alpha value is -2.67. The molecule has 2 atom stereocenters. The van der Waals surface area contributed by atoms with Crippen molar-refractivity contribution in [1.29, 1.82) is 0 Å². The fraction of sp³-hybridized carbons (Fsp3) is 0.421. The number of morpholine rings is 1. The predicted molar refractivity (Wildman–Crippen MR) is 96.3 cm³/mol. The van der Waals surface area contributed by atoms with Gasteiger partial charge in [0.25, 0.3) is 5.91 Å². The number of amides is 2. The molecular formula is C19H24N4O3. The summed E-state index contributed by atoms with van der Waals surface area (Å²) in [5, 5.41) is 5.77. The molecule has 2 heterocycles. The van der Waals surface area contributed by atoms with E-state index in [9.17, 15) is 9.59 Å². The second-order valence-corrected chi connectivity index (χ2v) is 6.22. The highest BCUT2D eigenvalue weighted by Crippen LogP contribution is 2.22. The molecule has 1 aliphatic heterocycles. The van der Waals surface area contributed by atoms with Crippen LogP contribution in [-0.4, -0.2) is 40.6 Å². The van der Waals surface area contributed by atoms with E-state index in [-0.39, 0.29) is 18.4 Å². The van der Waals surface area contributed by atoms with Crippen LogP contribution in [0.5, 0.6) is 0 Å². The first kappa shape index (κ1) is 18.1. The van der Waals surface area contributed by atoms with Crippen LogP contribution in [0.15, 0.2) is 42.7 Å². The van der Waals surface area contributed by atoms with Gasteiger partial charge in [0.05, 0.1) is 6.04 Å². The van der Waals surface area contributed by atoms with Crippen molar-refractivity contribution >= 4 is 11.8 Å². The van der Waals surface area contributed by atoms with E-state index in [1.54, 1.807) is 6.20 Å². The van der Waals surface area contributed by atoms with Gasteiger partial charge < -0.3 is 19.9 Å². The number of carbonyl (C=O) groups excluding carboxylic acids is 2. The van der Waals surface area contributed by atoms with Crippen molar-refractivity contribution in [3.8, 4) is 0 Å². The van der Waals surface area contributed by atoms with Crippen molar-refractivity contribution in [3.63, 3.8) is 0 Å². The molecule has 0 radical (unpaired) electrons. The summed E-state index contributed by atoms with van der Waals surface area (Å²) in [6.45, 7) is 3.30. The second-order valence-electron chi connectivity index (χ2n) is 6.22. The molecule has 1 aromatic carbocycles. The van der Waals surface area contributed by atoms with Gasteiger partial charge in [-0.15, -0.1) is 0 Å². The average molecular weight is 356 g/mol. The molecule has 26 heavy (non-hydrogen) atoms. The number of nitrogens with one attached hydrogen (secondary N) is 2. The monoisotopic (exact) mass is 356 g/mol. The van der Waals surface area contributed by atoms with Crippen LogP contribution in [0.3, 0.4) is 0 Å².